The van der Waals surface area contributed by atoms with Crippen molar-refractivity contribution < 1.29 is 4.79 Å². The Morgan fingerprint density at radius 3 is 2.80 bits per heavy atom. The number of thioether (sulfide) groups is 1. The van der Waals surface area contributed by atoms with Gasteiger partial charge in [-0.1, -0.05) is 6.92 Å². The molecule has 4 nitrogen and oxygen atoms in total. The lowest BCUT2D eigenvalue weighted by molar-refractivity contribution is -0.118. The Kier molecular flexibility index (Phi) is 4.70. The van der Waals surface area contributed by atoms with E-state index in [1.54, 1.807) is 11.8 Å². The number of nitrogens with one attached hydrogen (secondary N) is 1. The molecule has 1 amide bonds. The van der Waals surface area contributed by atoms with Crippen LogP contribution in [0.4, 0.5) is 5.69 Å². The van der Waals surface area contributed by atoms with E-state index in [9.17, 15) is 4.79 Å². The second-order valence-electron chi connectivity index (χ2n) is 5.32. The summed E-state index contributed by atoms with van der Waals surface area (Å²) in [6.07, 6.45) is 4.02. The average Bonchev–Trinajstić information content (AvgIpc) is 2.82. The van der Waals surface area contributed by atoms with E-state index >= 15 is 0 Å². The number of benzene rings is 1. The maximum atomic E-state index is 12.0. The Bertz CT molecular complexity index is 606. The zero-order valence-corrected chi connectivity index (χ0v) is 13.2. The zero-order valence-electron chi connectivity index (χ0n) is 12.4. The average molecular weight is 291 g/mol. The van der Waals surface area contributed by atoms with Gasteiger partial charge < -0.3 is 5.32 Å². The van der Waals surface area contributed by atoms with Crippen LogP contribution in [0, 0.1) is 5.92 Å². The summed E-state index contributed by atoms with van der Waals surface area (Å²) in [5.74, 6) is 0.911. The van der Waals surface area contributed by atoms with Gasteiger partial charge in [0.05, 0.1) is 5.52 Å². The van der Waals surface area contributed by atoms with E-state index in [0.29, 0.717) is 6.04 Å². The van der Waals surface area contributed by atoms with Gasteiger partial charge in [-0.15, -0.1) is 0 Å². The number of aromatic nitrogens is 2. The number of fused-ring (bicyclic) bond motifs is 1. The molecule has 0 saturated heterocycles. The predicted octanol–water partition coefficient (Wildman–Crippen LogP) is 3.55. The SMILES string of the molecule is CSC[C@@H](C)C(=O)Nc1ccc2nn(C(C)C)cc2c1. The van der Waals surface area contributed by atoms with Gasteiger partial charge in [0.2, 0.25) is 5.91 Å². The molecule has 2 aromatic rings. The van der Waals surface area contributed by atoms with Crippen LogP contribution in [0.15, 0.2) is 24.4 Å². The molecular formula is C15H21N3OS. The van der Waals surface area contributed by atoms with Gasteiger partial charge in [0.15, 0.2) is 0 Å². The molecule has 108 valence electrons. The molecule has 0 bridgehead atoms. The summed E-state index contributed by atoms with van der Waals surface area (Å²) in [5.41, 5.74) is 1.78. The molecule has 0 saturated carbocycles. The Labute approximate surface area is 123 Å². The fraction of sp³-hybridized carbons (Fsp3) is 0.467. The topological polar surface area (TPSA) is 46.9 Å². The number of carbonyl (C=O) groups excluding carboxylic acids is 1. The van der Waals surface area contributed by atoms with E-state index in [0.717, 1.165) is 22.3 Å². The summed E-state index contributed by atoms with van der Waals surface area (Å²) in [7, 11) is 0. The van der Waals surface area contributed by atoms with Crippen molar-refractivity contribution in [2.75, 3.05) is 17.3 Å². The van der Waals surface area contributed by atoms with E-state index in [1.165, 1.54) is 0 Å². The normalized spacial score (nSPS) is 12.8. The molecule has 0 fully saturated rings. The highest BCUT2D eigenvalue weighted by Gasteiger charge is 2.12. The second-order valence-corrected chi connectivity index (χ2v) is 6.23. The lowest BCUT2D eigenvalue weighted by Gasteiger charge is -2.10. The Morgan fingerprint density at radius 2 is 2.15 bits per heavy atom. The van der Waals surface area contributed by atoms with Gasteiger partial charge in [0.1, 0.15) is 0 Å². The quantitative estimate of drug-likeness (QED) is 0.916. The fourth-order valence-corrected chi connectivity index (χ4v) is 2.63. The van der Waals surface area contributed by atoms with Crippen LogP contribution in [0.3, 0.4) is 0 Å². The molecule has 1 aromatic carbocycles. The minimum absolute atomic E-state index is 0.0130. The van der Waals surface area contributed by atoms with Crippen LogP contribution in [0.2, 0.25) is 0 Å². The molecule has 0 spiro atoms. The molecule has 0 unspecified atom stereocenters. The van der Waals surface area contributed by atoms with Crippen molar-refractivity contribution in [1.29, 1.82) is 0 Å². The van der Waals surface area contributed by atoms with Crippen molar-refractivity contribution in [1.82, 2.24) is 9.78 Å². The van der Waals surface area contributed by atoms with Gasteiger partial charge >= 0.3 is 0 Å². The first-order chi connectivity index (χ1) is 9.51. The number of rotatable bonds is 5. The minimum Gasteiger partial charge on any atom is -0.326 e. The van der Waals surface area contributed by atoms with E-state index in [4.69, 9.17) is 0 Å². The first-order valence-corrected chi connectivity index (χ1v) is 8.19. The van der Waals surface area contributed by atoms with Crippen LogP contribution >= 0.6 is 11.8 Å². The Balaban J connectivity index is 2.17. The van der Waals surface area contributed by atoms with Crippen molar-refractivity contribution in [2.45, 2.75) is 26.8 Å². The molecule has 0 radical (unpaired) electrons. The van der Waals surface area contributed by atoms with Crippen LogP contribution in [0.5, 0.6) is 0 Å². The summed E-state index contributed by atoms with van der Waals surface area (Å²) < 4.78 is 1.94. The van der Waals surface area contributed by atoms with Crippen molar-refractivity contribution in [3.63, 3.8) is 0 Å². The summed E-state index contributed by atoms with van der Waals surface area (Å²) in [6.45, 7) is 6.14. The first kappa shape index (κ1) is 14.9. The summed E-state index contributed by atoms with van der Waals surface area (Å²) in [4.78, 5) is 12.0. The molecule has 1 aromatic heterocycles. The molecule has 20 heavy (non-hydrogen) atoms. The molecule has 5 heteroatoms. The predicted molar refractivity (Wildman–Crippen MR) is 86.3 cm³/mol. The molecule has 2 rings (SSSR count). The minimum atomic E-state index is 0.0130. The van der Waals surface area contributed by atoms with E-state index in [-0.39, 0.29) is 11.8 Å². The van der Waals surface area contributed by atoms with Gasteiger partial charge in [-0.3, -0.25) is 9.48 Å². The smallest absolute Gasteiger partial charge is 0.228 e. The molecular weight excluding hydrogens is 270 g/mol. The van der Waals surface area contributed by atoms with Gasteiger partial charge in [0, 0.05) is 35.0 Å². The Hall–Kier alpha value is -1.49. The summed E-state index contributed by atoms with van der Waals surface area (Å²) in [6, 6.07) is 6.17. The van der Waals surface area contributed by atoms with Crippen molar-refractivity contribution in [3.05, 3.63) is 24.4 Å². The highest BCUT2D eigenvalue weighted by atomic mass is 32.2. The van der Waals surface area contributed by atoms with Gasteiger partial charge in [-0.05, 0) is 38.3 Å². The number of carbonyl (C=O) groups is 1. The molecule has 1 atom stereocenters. The number of anilines is 1. The fourth-order valence-electron chi connectivity index (χ4n) is 1.98. The highest BCUT2D eigenvalue weighted by Crippen LogP contribution is 2.20. The molecule has 0 aliphatic rings. The third-order valence-electron chi connectivity index (χ3n) is 3.18. The number of nitrogens with zero attached hydrogens (tertiary/aromatic N) is 2. The third-order valence-corrected chi connectivity index (χ3v) is 4.02. The number of hydrogen-bond acceptors (Lipinski definition) is 3. The van der Waals surface area contributed by atoms with E-state index in [2.05, 4.69) is 24.3 Å². The van der Waals surface area contributed by atoms with Crippen LogP contribution in [0.1, 0.15) is 26.8 Å². The van der Waals surface area contributed by atoms with Crippen LogP contribution < -0.4 is 5.32 Å². The van der Waals surface area contributed by atoms with Crippen LogP contribution in [-0.2, 0) is 4.79 Å². The number of amides is 1. The van der Waals surface area contributed by atoms with E-state index < -0.39 is 0 Å². The van der Waals surface area contributed by atoms with Crippen molar-refractivity contribution in [3.8, 4) is 0 Å². The van der Waals surface area contributed by atoms with E-state index in [1.807, 2.05) is 42.3 Å². The zero-order chi connectivity index (χ0) is 14.7. The largest absolute Gasteiger partial charge is 0.326 e. The van der Waals surface area contributed by atoms with Crippen LogP contribution in [-0.4, -0.2) is 27.7 Å². The van der Waals surface area contributed by atoms with Gasteiger partial charge in [0.25, 0.3) is 0 Å². The monoisotopic (exact) mass is 291 g/mol. The van der Waals surface area contributed by atoms with Crippen LogP contribution in [0.25, 0.3) is 10.9 Å². The molecule has 0 aliphatic carbocycles. The maximum absolute atomic E-state index is 12.0. The number of hydrogen-bond donors (Lipinski definition) is 1. The second kappa shape index (κ2) is 6.31. The summed E-state index contributed by atoms with van der Waals surface area (Å²) in [5, 5.41) is 8.52. The maximum Gasteiger partial charge on any atom is 0.228 e. The van der Waals surface area contributed by atoms with Crippen molar-refractivity contribution >= 4 is 34.3 Å². The lowest BCUT2D eigenvalue weighted by atomic mass is 10.2. The van der Waals surface area contributed by atoms with Gasteiger partial charge in [-0.25, -0.2) is 0 Å². The first-order valence-electron chi connectivity index (χ1n) is 6.80. The van der Waals surface area contributed by atoms with Gasteiger partial charge in [-0.2, -0.15) is 16.9 Å². The third kappa shape index (κ3) is 3.33. The molecule has 1 N–H and O–H groups in total. The molecule has 0 aliphatic heterocycles. The summed E-state index contributed by atoms with van der Waals surface area (Å²) >= 11 is 1.68. The van der Waals surface area contributed by atoms with Crippen molar-refractivity contribution in [2.24, 2.45) is 5.92 Å². The highest BCUT2D eigenvalue weighted by molar-refractivity contribution is 7.98. The standard InChI is InChI=1S/C15H21N3OS/c1-10(2)18-8-12-7-13(5-6-14(12)17-18)16-15(19)11(3)9-20-4/h5-8,10-11H,9H2,1-4H3,(H,16,19)/t11-/m1/s1. The Morgan fingerprint density at radius 1 is 1.40 bits per heavy atom. The molecule has 1 heterocycles. The lowest BCUT2D eigenvalue weighted by Crippen LogP contribution is -2.21.